The lowest BCUT2D eigenvalue weighted by Gasteiger charge is -2.03. The average Bonchev–Trinajstić information content (AvgIpc) is 3.06. The molecule has 0 aliphatic carbocycles. The van der Waals surface area contributed by atoms with Gasteiger partial charge in [0.1, 0.15) is 11.5 Å². The molecule has 2 aromatic carbocycles. The van der Waals surface area contributed by atoms with Crippen molar-refractivity contribution in [2.75, 3.05) is 0 Å². The maximum absolute atomic E-state index is 5.66. The summed E-state index contributed by atoms with van der Waals surface area (Å²) in [4.78, 5) is 0. The largest absolute Gasteiger partial charge is 0.461 e. The molecule has 22 heavy (non-hydrogen) atoms. The van der Waals surface area contributed by atoms with Crippen LogP contribution in [0.5, 0.6) is 0 Å². The van der Waals surface area contributed by atoms with Crippen molar-refractivity contribution in [2.45, 2.75) is 34.6 Å². The van der Waals surface area contributed by atoms with Gasteiger partial charge in [0.2, 0.25) is 0 Å². The van der Waals surface area contributed by atoms with Crippen LogP contribution < -0.4 is 0 Å². The molecule has 1 heterocycles. The van der Waals surface area contributed by atoms with Crippen LogP contribution in [0.25, 0.3) is 22.5 Å². The van der Waals surface area contributed by atoms with Crippen LogP contribution in [0.1, 0.15) is 33.5 Å². The van der Waals surface area contributed by atoms with Crippen molar-refractivity contribution in [3.63, 3.8) is 0 Å². The number of rotatable bonds is 2. The van der Waals surface area contributed by atoms with E-state index in [2.05, 4.69) is 48.5 Å². The van der Waals surface area contributed by atoms with E-state index in [0.29, 0.717) is 0 Å². The first-order chi connectivity index (χ1) is 10.8. The van der Waals surface area contributed by atoms with E-state index in [4.69, 9.17) is 4.42 Å². The van der Waals surface area contributed by atoms with Crippen molar-refractivity contribution in [3.8, 4) is 22.5 Å². The van der Waals surface area contributed by atoms with Crippen LogP contribution in [-0.4, -0.2) is 0 Å². The van der Waals surface area contributed by atoms with Gasteiger partial charge in [-0.3, -0.25) is 0 Å². The summed E-state index contributed by atoms with van der Waals surface area (Å²) in [5.41, 5.74) is 3.55. The third-order valence-corrected chi connectivity index (χ3v) is 2.99. The van der Waals surface area contributed by atoms with Crippen molar-refractivity contribution in [3.05, 3.63) is 72.5 Å². The number of aryl methyl sites for hydroxylation is 1. The molecule has 3 aromatic rings. The molecular formula is C21H26O. The summed E-state index contributed by atoms with van der Waals surface area (Å²) in [5, 5.41) is 0. The molecule has 1 nitrogen and oxygen atoms in total. The molecule has 1 heteroatoms. The van der Waals surface area contributed by atoms with Gasteiger partial charge in [-0.1, -0.05) is 76.2 Å². The minimum Gasteiger partial charge on any atom is -0.461 e. The van der Waals surface area contributed by atoms with Gasteiger partial charge in [-0.15, -0.1) is 0 Å². The molecule has 3 rings (SSSR count). The van der Waals surface area contributed by atoms with Gasteiger partial charge in [-0.2, -0.15) is 0 Å². The Kier molecular flexibility index (Phi) is 7.77. The van der Waals surface area contributed by atoms with Gasteiger partial charge in [-0.05, 0) is 36.2 Å². The highest BCUT2D eigenvalue weighted by Gasteiger charge is 2.04. The molecule has 0 atom stereocenters. The Morgan fingerprint density at radius 3 is 1.77 bits per heavy atom. The normalized spacial score (nSPS) is 9.14. The predicted molar refractivity (Wildman–Crippen MR) is 97.0 cm³/mol. The summed E-state index contributed by atoms with van der Waals surface area (Å²) in [5.74, 6) is 1.86. The van der Waals surface area contributed by atoms with Gasteiger partial charge in [0.15, 0.2) is 0 Å². The predicted octanol–water partition coefficient (Wildman–Crippen LogP) is 6.97. The first-order valence-corrected chi connectivity index (χ1v) is 8.05. The highest BCUT2D eigenvalue weighted by molar-refractivity contribution is 5.70. The van der Waals surface area contributed by atoms with Gasteiger partial charge in [0, 0.05) is 5.56 Å². The second-order valence-corrected chi connectivity index (χ2v) is 4.36. The third kappa shape index (κ3) is 4.63. The molecule has 0 aliphatic rings. The molecule has 0 fully saturated rings. The number of benzene rings is 2. The Hall–Kier alpha value is -2.28. The maximum atomic E-state index is 5.66. The highest BCUT2D eigenvalue weighted by atomic mass is 16.3. The molecular weight excluding hydrogens is 268 g/mol. The second-order valence-electron chi connectivity index (χ2n) is 4.36. The molecule has 0 saturated heterocycles. The molecule has 1 aromatic heterocycles. The smallest absolute Gasteiger partial charge is 0.134 e. The summed E-state index contributed by atoms with van der Waals surface area (Å²) >= 11 is 0. The summed E-state index contributed by atoms with van der Waals surface area (Å²) < 4.78 is 5.66. The molecule has 0 saturated carbocycles. The van der Waals surface area contributed by atoms with Crippen molar-refractivity contribution < 1.29 is 4.42 Å². The fourth-order valence-electron chi connectivity index (χ4n) is 2.07. The van der Waals surface area contributed by atoms with E-state index < -0.39 is 0 Å². The SMILES string of the molecule is CC.CC.Cc1ccc(-c2cccc(-c3ccccc3)c2)o1. The topological polar surface area (TPSA) is 13.1 Å². The summed E-state index contributed by atoms with van der Waals surface area (Å²) in [6, 6.07) is 22.8. The average molecular weight is 294 g/mol. The van der Waals surface area contributed by atoms with E-state index in [9.17, 15) is 0 Å². The van der Waals surface area contributed by atoms with Gasteiger partial charge in [-0.25, -0.2) is 0 Å². The molecule has 116 valence electrons. The molecule has 0 radical (unpaired) electrons. The third-order valence-electron chi connectivity index (χ3n) is 2.99. The Balaban J connectivity index is 0.000000561. The minimum absolute atomic E-state index is 0.922. The van der Waals surface area contributed by atoms with Gasteiger partial charge in [0.25, 0.3) is 0 Å². The first-order valence-electron chi connectivity index (χ1n) is 8.05. The Morgan fingerprint density at radius 1 is 0.591 bits per heavy atom. The van der Waals surface area contributed by atoms with Crippen LogP contribution in [-0.2, 0) is 0 Å². The molecule has 0 aliphatic heterocycles. The maximum Gasteiger partial charge on any atom is 0.134 e. The van der Waals surface area contributed by atoms with Gasteiger partial charge < -0.3 is 4.42 Å². The summed E-state index contributed by atoms with van der Waals surface area (Å²) in [6.45, 7) is 9.96. The van der Waals surface area contributed by atoms with Crippen LogP contribution in [0.2, 0.25) is 0 Å². The Bertz CT molecular complexity index is 650. The van der Waals surface area contributed by atoms with Crippen LogP contribution >= 0.6 is 0 Å². The minimum atomic E-state index is 0.922. The van der Waals surface area contributed by atoms with Crippen LogP contribution in [0.15, 0.2) is 71.1 Å². The van der Waals surface area contributed by atoms with Crippen molar-refractivity contribution in [1.29, 1.82) is 0 Å². The number of hydrogen-bond donors (Lipinski definition) is 0. The second kappa shape index (κ2) is 9.62. The van der Waals surface area contributed by atoms with E-state index in [1.807, 2.05) is 52.8 Å². The van der Waals surface area contributed by atoms with E-state index in [1.54, 1.807) is 0 Å². The van der Waals surface area contributed by atoms with E-state index in [1.165, 1.54) is 11.1 Å². The molecule has 0 amide bonds. The monoisotopic (exact) mass is 294 g/mol. The summed E-state index contributed by atoms with van der Waals surface area (Å²) in [7, 11) is 0. The van der Waals surface area contributed by atoms with Crippen molar-refractivity contribution >= 4 is 0 Å². The van der Waals surface area contributed by atoms with Crippen molar-refractivity contribution in [2.24, 2.45) is 0 Å². The molecule has 0 spiro atoms. The Morgan fingerprint density at radius 2 is 1.18 bits per heavy atom. The molecule has 0 N–H and O–H groups in total. The zero-order valence-electron chi connectivity index (χ0n) is 14.3. The molecule has 0 bridgehead atoms. The zero-order chi connectivity index (χ0) is 16.4. The van der Waals surface area contributed by atoms with Crippen molar-refractivity contribution in [1.82, 2.24) is 0 Å². The van der Waals surface area contributed by atoms with Crippen LogP contribution in [0.4, 0.5) is 0 Å². The Labute approximate surface area is 134 Å². The zero-order valence-corrected chi connectivity index (χ0v) is 14.3. The lowest BCUT2D eigenvalue weighted by atomic mass is 10.0. The van der Waals surface area contributed by atoms with Crippen LogP contribution in [0.3, 0.4) is 0 Å². The van der Waals surface area contributed by atoms with Gasteiger partial charge in [0.05, 0.1) is 0 Å². The lowest BCUT2D eigenvalue weighted by molar-refractivity contribution is 0.548. The summed E-state index contributed by atoms with van der Waals surface area (Å²) in [6.07, 6.45) is 0. The highest BCUT2D eigenvalue weighted by Crippen LogP contribution is 2.27. The molecule has 0 unspecified atom stereocenters. The van der Waals surface area contributed by atoms with E-state index >= 15 is 0 Å². The van der Waals surface area contributed by atoms with Crippen LogP contribution in [0, 0.1) is 6.92 Å². The first kappa shape index (κ1) is 17.8. The van der Waals surface area contributed by atoms with E-state index in [0.717, 1.165) is 17.1 Å². The fourth-order valence-corrected chi connectivity index (χ4v) is 2.07. The lowest BCUT2D eigenvalue weighted by Crippen LogP contribution is -1.79. The van der Waals surface area contributed by atoms with E-state index in [-0.39, 0.29) is 0 Å². The number of hydrogen-bond acceptors (Lipinski definition) is 1. The quantitative estimate of drug-likeness (QED) is 0.497. The number of furan rings is 1. The van der Waals surface area contributed by atoms with Gasteiger partial charge >= 0.3 is 0 Å². The standard InChI is InChI=1S/C17H14O.2C2H6/c1-13-10-11-17(18-13)16-9-5-8-15(12-16)14-6-3-2-4-7-14;2*1-2/h2-12H,1H3;2*1-2H3. The fraction of sp³-hybridized carbons (Fsp3) is 0.238.